The first kappa shape index (κ1) is 40.9. The molecule has 0 radical (unpaired) electrons. The third kappa shape index (κ3) is 15.0. The SMILES string of the molecule is C.CC(C)COc1ccc(C(C)C)c(F)c1.CC(C)Oc1ccc(C(C)C)c(F)c1.CC(C)Oc1ccc(C(C)C)cc1F. The largest absolute Gasteiger partial charge is 0.493 e. The van der Waals surface area contributed by atoms with Crippen LogP contribution in [0.2, 0.25) is 0 Å². The number of hydrogen-bond donors (Lipinski definition) is 0. The van der Waals surface area contributed by atoms with E-state index in [1.54, 1.807) is 24.3 Å². The third-order valence-electron chi connectivity index (χ3n) is 6.13. The molecule has 3 aromatic carbocycles. The fraction of sp³-hybridized carbons (Fsp3) is 0.526. The Morgan fingerprint density at radius 1 is 0.523 bits per heavy atom. The molecule has 0 aliphatic heterocycles. The molecule has 0 saturated carbocycles. The summed E-state index contributed by atoms with van der Waals surface area (Å²) in [6.45, 7) is 24.4. The summed E-state index contributed by atoms with van der Waals surface area (Å²) in [6.07, 6.45) is 0.0914. The fourth-order valence-electron chi connectivity index (χ4n) is 3.88. The maximum Gasteiger partial charge on any atom is 0.165 e. The highest BCUT2D eigenvalue weighted by molar-refractivity contribution is 5.32. The van der Waals surface area contributed by atoms with Gasteiger partial charge in [0.1, 0.15) is 23.1 Å². The van der Waals surface area contributed by atoms with Gasteiger partial charge in [-0.3, -0.25) is 0 Å². The molecule has 6 heteroatoms. The van der Waals surface area contributed by atoms with Gasteiger partial charge in [-0.15, -0.1) is 0 Å². The first-order valence-corrected chi connectivity index (χ1v) is 15.4. The Kier molecular flexibility index (Phi) is 18.6. The van der Waals surface area contributed by atoms with E-state index in [9.17, 15) is 13.2 Å². The van der Waals surface area contributed by atoms with Gasteiger partial charge in [-0.1, -0.05) is 81.0 Å². The first-order valence-electron chi connectivity index (χ1n) is 15.4. The maximum absolute atomic E-state index is 13.5. The van der Waals surface area contributed by atoms with Crippen molar-refractivity contribution in [3.63, 3.8) is 0 Å². The van der Waals surface area contributed by atoms with Gasteiger partial charge in [0.2, 0.25) is 0 Å². The molecule has 3 nitrogen and oxygen atoms in total. The van der Waals surface area contributed by atoms with E-state index >= 15 is 0 Å². The van der Waals surface area contributed by atoms with Crippen LogP contribution in [0.15, 0.2) is 54.6 Å². The van der Waals surface area contributed by atoms with E-state index in [1.165, 1.54) is 12.1 Å². The van der Waals surface area contributed by atoms with Gasteiger partial charge in [-0.25, -0.2) is 13.2 Å². The molecule has 0 aliphatic rings. The molecule has 0 fully saturated rings. The summed E-state index contributed by atoms with van der Waals surface area (Å²) in [4.78, 5) is 0. The van der Waals surface area contributed by atoms with Crippen molar-refractivity contribution in [1.82, 2.24) is 0 Å². The van der Waals surface area contributed by atoms with Crippen molar-refractivity contribution in [3.8, 4) is 17.2 Å². The fourth-order valence-corrected chi connectivity index (χ4v) is 3.88. The summed E-state index contributed by atoms with van der Waals surface area (Å²) in [5.41, 5.74) is 2.48. The molecule has 0 bridgehead atoms. The van der Waals surface area contributed by atoms with Crippen LogP contribution in [0.3, 0.4) is 0 Å². The second kappa shape index (κ2) is 20.0. The van der Waals surface area contributed by atoms with Gasteiger partial charge in [-0.2, -0.15) is 0 Å². The van der Waals surface area contributed by atoms with Crippen LogP contribution in [0.5, 0.6) is 17.2 Å². The van der Waals surface area contributed by atoms with Crippen molar-refractivity contribution in [2.24, 2.45) is 5.92 Å². The molecule has 3 aromatic rings. The van der Waals surface area contributed by atoms with E-state index in [0.717, 1.165) is 16.7 Å². The third-order valence-corrected chi connectivity index (χ3v) is 6.13. The topological polar surface area (TPSA) is 27.7 Å². The molecule has 248 valence electrons. The van der Waals surface area contributed by atoms with E-state index in [1.807, 2.05) is 87.4 Å². The molecule has 0 amide bonds. The van der Waals surface area contributed by atoms with Crippen LogP contribution in [0.1, 0.15) is 125 Å². The Hall–Kier alpha value is -3.15. The summed E-state index contributed by atoms with van der Waals surface area (Å²) in [5.74, 6) is 2.15. The van der Waals surface area contributed by atoms with Crippen LogP contribution < -0.4 is 14.2 Å². The van der Waals surface area contributed by atoms with Crippen LogP contribution in [0.25, 0.3) is 0 Å². The Labute approximate surface area is 266 Å². The number of halogens is 3. The number of ether oxygens (including phenoxy) is 3. The maximum atomic E-state index is 13.5. The highest BCUT2D eigenvalue weighted by Gasteiger charge is 2.10. The van der Waals surface area contributed by atoms with E-state index < -0.39 is 0 Å². The van der Waals surface area contributed by atoms with E-state index in [-0.39, 0.29) is 48.9 Å². The van der Waals surface area contributed by atoms with Crippen molar-refractivity contribution >= 4 is 0 Å². The molecular formula is C38H57F3O3. The molecule has 0 unspecified atom stereocenters. The summed E-state index contributed by atoms with van der Waals surface area (Å²) in [6, 6.07) is 15.3. The average Bonchev–Trinajstić information content (AvgIpc) is 2.88. The zero-order valence-electron chi connectivity index (χ0n) is 28.2. The van der Waals surface area contributed by atoms with Crippen molar-refractivity contribution in [1.29, 1.82) is 0 Å². The van der Waals surface area contributed by atoms with Gasteiger partial charge in [0.25, 0.3) is 0 Å². The monoisotopic (exact) mass is 618 g/mol. The zero-order valence-corrected chi connectivity index (χ0v) is 28.2. The molecule has 0 N–H and O–H groups in total. The Morgan fingerprint density at radius 2 is 1.00 bits per heavy atom. The molecule has 44 heavy (non-hydrogen) atoms. The van der Waals surface area contributed by atoms with Gasteiger partial charge in [0.15, 0.2) is 11.6 Å². The molecule has 0 aromatic heterocycles. The van der Waals surface area contributed by atoms with E-state index in [0.29, 0.717) is 35.7 Å². The molecule has 0 heterocycles. The quantitative estimate of drug-likeness (QED) is 0.226. The smallest absolute Gasteiger partial charge is 0.165 e. The highest BCUT2D eigenvalue weighted by Crippen LogP contribution is 2.25. The minimum absolute atomic E-state index is 0. The number of rotatable bonds is 10. The van der Waals surface area contributed by atoms with Gasteiger partial charge in [-0.05, 0) is 92.3 Å². The minimum Gasteiger partial charge on any atom is -0.493 e. The lowest BCUT2D eigenvalue weighted by Crippen LogP contribution is -2.07. The van der Waals surface area contributed by atoms with Crippen LogP contribution in [0.4, 0.5) is 13.2 Å². The second-order valence-corrected chi connectivity index (χ2v) is 12.6. The lowest BCUT2D eigenvalue weighted by molar-refractivity contribution is 0.231. The van der Waals surface area contributed by atoms with Crippen LogP contribution >= 0.6 is 0 Å². The van der Waals surface area contributed by atoms with E-state index in [2.05, 4.69) is 13.8 Å². The van der Waals surface area contributed by atoms with Crippen LogP contribution in [0, 0.1) is 23.4 Å². The molecule has 3 rings (SSSR count). The normalized spacial score (nSPS) is 10.8. The number of benzene rings is 3. The first-order chi connectivity index (χ1) is 20.0. The lowest BCUT2D eigenvalue weighted by atomic mass is 10.0. The zero-order chi connectivity index (χ0) is 32.9. The molecule has 0 aliphatic carbocycles. The summed E-state index contributed by atoms with van der Waals surface area (Å²) >= 11 is 0. The summed E-state index contributed by atoms with van der Waals surface area (Å²) in [7, 11) is 0. The minimum atomic E-state index is -0.273. The van der Waals surface area contributed by atoms with Crippen molar-refractivity contribution in [2.45, 2.75) is 120 Å². The predicted molar refractivity (Wildman–Crippen MR) is 180 cm³/mol. The second-order valence-electron chi connectivity index (χ2n) is 12.6. The Morgan fingerprint density at radius 3 is 1.39 bits per heavy atom. The van der Waals surface area contributed by atoms with Gasteiger partial charge < -0.3 is 14.2 Å². The van der Waals surface area contributed by atoms with Crippen molar-refractivity contribution in [2.75, 3.05) is 6.61 Å². The predicted octanol–water partition coefficient (Wildman–Crippen LogP) is 12.1. The number of hydrogen-bond acceptors (Lipinski definition) is 3. The molecular weight excluding hydrogens is 561 g/mol. The lowest BCUT2D eigenvalue weighted by Gasteiger charge is -2.12. The van der Waals surface area contributed by atoms with Crippen LogP contribution in [-0.2, 0) is 0 Å². The molecule has 0 saturated heterocycles. The standard InChI is InChI=1S/C13H19FO.2C12H17FO.CH4/c1-9(2)8-15-11-5-6-12(10(3)4)13(14)7-11;1-8(2)11-6-5-10(7-12(11)13)14-9(3)4;1-8(2)10-5-6-12(11(13)7-10)14-9(3)4;/h5-7,9-10H,8H2,1-4H3;2*5-9H,1-4H3;1H4. The van der Waals surface area contributed by atoms with E-state index in [4.69, 9.17) is 14.2 Å². The summed E-state index contributed by atoms with van der Waals surface area (Å²) in [5, 5.41) is 0. The van der Waals surface area contributed by atoms with Crippen LogP contribution in [-0.4, -0.2) is 18.8 Å². The van der Waals surface area contributed by atoms with Crippen molar-refractivity contribution < 1.29 is 27.4 Å². The highest BCUT2D eigenvalue weighted by atomic mass is 19.1. The van der Waals surface area contributed by atoms with Gasteiger partial charge in [0, 0.05) is 12.1 Å². The summed E-state index contributed by atoms with van der Waals surface area (Å²) < 4.78 is 56.6. The Balaban J connectivity index is 0.000000624. The Bertz CT molecular complexity index is 1230. The molecule has 0 atom stereocenters. The average molecular weight is 619 g/mol. The van der Waals surface area contributed by atoms with Crippen molar-refractivity contribution in [3.05, 3.63) is 88.7 Å². The molecule has 0 spiro atoms. The van der Waals surface area contributed by atoms with Gasteiger partial charge >= 0.3 is 0 Å². The van der Waals surface area contributed by atoms with Gasteiger partial charge in [0.05, 0.1) is 18.8 Å².